The molecule has 0 aliphatic heterocycles. The normalized spacial score (nSPS) is 8.82. The first kappa shape index (κ1) is 13.3. The first-order chi connectivity index (χ1) is 5.26. The Kier molecular flexibility index (Phi) is 14.9. The highest BCUT2D eigenvalue weighted by molar-refractivity contribution is 4.64. The summed E-state index contributed by atoms with van der Waals surface area (Å²) in [6.07, 6.45) is 1.65. The molecular formula is C9H22N2. The lowest BCUT2D eigenvalue weighted by atomic mass is 10.5. The van der Waals surface area contributed by atoms with E-state index in [9.17, 15) is 0 Å². The molecule has 0 aliphatic carbocycles. The molecule has 0 aromatic carbocycles. The van der Waals surface area contributed by atoms with Crippen LogP contribution in [0.1, 0.15) is 20.8 Å². The van der Waals surface area contributed by atoms with E-state index in [1.54, 1.807) is 6.08 Å². The van der Waals surface area contributed by atoms with Crippen molar-refractivity contribution in [2.24, 2.45) is 5.73 Å². The Morgan fingerprint density at radius 1 is 1.18 bits per heavy atom. The molecule has 0 radical (unpaired) electrons. The molecule has 2 N–H and O–H groups in total. The monoisotopic (exact) mass is 158 g/mol. The van der Waals surface area contributed by atoms with Gasteiger partial charge in [0, 0.05) is 6.54 Å². The predicted molar refractivity (Wildman–Crippen MR) is 52.7 cm³/mol. The number of nitrogens with zero attached hydrogens (tertiary/aromatic N) is 1. The van der Waals surface area contributed by atoms with Gasteiger partial charge in [0.2, 0.25) is 0 Å². The summed E-state index contributed by atoms with van der Waals surface area (Å²) in [7, 11) is 0. The van der Waals surface area contributed by atoms with Crippen LogP contribution in [0.3, 0.4) is 0 Å². The largest absolute Gasteiger partial charge is 0.327 e. The van der Waals surface area contributed by atoms with Crippen molar-refractivity contribution in [3.8, 4) is 0 Å². The zero-order valence-corrected chi connectivity index (χ0v) is 8.14. The summed E-state index contributed by atoms with van der Waals surface area (Å²) in [4.78, 5) is 2.38. The van der Waals surface area contributed by atoms with E-state index >= 15 is 0 Å². The van der Waals surface area contributed by atoms with Gasteiger partial charge in [-0.25, -0.2) is 0 Å². The molecule has 0 spiro atoms. The lowest BCUT2D eigenvalue weighted by Gasteiger charge is -2.13. The number of rotatable bonds is 4. The maximum atomic E-state index is 4.91. The zero-order valence-electron chi connectivity index (χ0n) is 8.14. The fourth-order valence-electron chi connectivity index (χ4n) is 0.671. The molecule has 0 rings (SSSR count). The van der Waals surface area contributed by atoms with Gasteiger partial charge in [-0.1, -0.05) is 26.8 Å². The van der Waals surface area contributed by atoms with Crippen LogP contribution in [0.15, 0.2) is 12.7 Å². The highest BCUT2D eigenvalue weighted by atomic mass is 15.1. The van der Waals surface area contributed by atoms with Crippen molar-refractivity contribution in [2.75, 3.05) is 26.2 Å². The second-order valence-electron chi connectivity index (χ2n) is 2.14. The van der Waals surface area contributed by atoms with E-state index in [-0.39, 0.29) is 0 Å². The average molecular weight is 158 g/mol. The minimum atomic E-state index is 0.583. The Labute approximate surface area is 71.1 Å². The van der Waals surface area contributed by atoms with Gasteiger partial charge in [0.05, 0.1) is 0 Å². The van der Waals surface area contributed by atoms with Gasteiger partial charge in [0.15, 0.2) is 0 Å². The van der Waals surface area contributed by atoms with E-state index in [2.05, 4.69) is 32.3 Å². The van der Waals surface area contributed by atoms with Gasteiger partial charge in [-0.15, -0.1) is 6.58 Å². The standard InChI is InChI=1S/C6H15N.C3H7N/c1-4-7(5-2)6-3;1-2-3-4/h4-6H2,1-3H3;2H,1,3-4H2. The summed E-state index contributed by atoms with van der Waals surface area (Å²) in [6.45, 7) is 14.1. The minimum Gasteiger partial charge on any atom is -0.327 e. The van der Waals surface area contributed by atoms with Crippen LogP contribution in [0.25, 0.3) is 0 Å². The molecule has 0 saturated carbocycles. The summed E-state index contributed by atoms with van der Waals surface area (Å²) >= 11 is 0. The Balaban J connectivity index is 0. The Bertz CT molecular complexity index is 62.5. The molecular weight excluding hydrogens is 136 g/mol. The van der Waals surface area contributed by atoms with Crippen LogP contribution in [0.4, 0.5) is 0 Å². The van der Waals surface area contributed by atoms with Crippen molar-refractivity contribution in [2.45, 2.75) is 20.8 Å². The van der Waals surface area contributed by atoms with Crippen LogP contribution in [-0.4, -0.2) is 31.1 Å². The van der Waals surface area contributed by atoms with Crippen LogP contribution in [0.5, 0.6) is 0 Å². The van der Waals surface area contributed by atoms with Gasteiger partial charge in [0.1, 0.15) is 0 Å². The lowest BCUT2D eigenvalue weighted by molar-refractivity contribution is 0.321. The minimum absolute atomic E-state index is 0.583. The van der Waals surface area contributed by atoms with E-state index in [4.69, 9.17) is 5.73 Å². The second-order valence-corrected chi connectivity index (χ2v) is 2.14. The third-order valence-corrected chi connectivity index (χ3v) is 1.51. The van der Waals surface area contributed by atoms with Gasteiger partial charge in [0.25, 0.3) is 0 Å². The fraction of sp³-hybridized carbons (Fsp3) is 0.778. The third kappa shape index (κ3) is 12.8. The molecule has 0 aromatic rings. The van der Waals surface area contributed by atoms with Crippen LogP contribution >= 0.6 is 0 Å². The van der Waals surface area contributed by atoms with Gasteiger partial charge in [-0.2, -0.15) is 0 Å². The van der Waals surface area contributed by atoms with Crippen molar-refractivity contribution < 1.29 is 0 Å². The lowest BCUT2D eigenvalue weighted by Crippen LogP contribution is -2.21. The molecule has 0 fully saturated rings. The molecule has 2 heteroatoms. The Morgan fingerprint density at radius 2 is 1.45 bits per heavy atom. The predicted octanol–water partition coefficient (Wildman–Crippen LogP) is 1.48. The third-order valence-electron chi connectivity index (χ3n) is 1.51. The van der Waals surface area contributed by atoms with Gasteiger partial charge in [-0.3, -0.25) is 0 Å². The van der Waals surface area contributed by atoms with Gasteiger partial charge in [-0.05, 0) is 19.6 Å². The smallest absolute Gasteiger partial charge is 0.0104 e. The van der Waals surface area contributed by atoms with E-state index in [1.165, 1.54) is 19.6 Å². The molecule has 11 heavy (non-hydrogen) atoms. The van der Waals surface area contributed by atoms with Crippen molar-refractivity contribution in [3.05, 3.63) is 12.7 Å². The molecule has 0 aromatic heterocycles. The Morgan fingerprint density at radius 3 is 1.45 bits per heavy atom. The zero-order chi connectivity index (χ0) is 9.11. The SMILES string of the molecule is C=CCN.CCN(CC)CC. The van der Waals surface area contributed by atoms with E-state index in [0.29, 0.717) is 6.54 Å². The Hall–Kier alpha value is -0.340. The fourth-order valence-corrected chi connectivity index (χ4v) is 0.671. The van der Waals surface area contributed by atoms with Gasteiger partial charge < -0.3 is 10.6 Å². The van der Waals surface area contributed by atoms with Crippen molar-refractivity contribution in [1.82, 2.24) is 4.90 Å². The number of hydrogen-bond donors (Lipinski definition) is 1. The summed E-state index contributed by atoms with van der Waals surface area (Å²) in [5, 5.41) is 0. The van der Waals surface area contributed by atoms with Crippen LogP contribution in [0.2, 0.25) is 0 Å². The van der Waals surface area contributed by atoms with Crippen molar-refractivity contribution in [3.63, 3.8) is 0 Å². The van der Waals surface area contributed by atoms with Gasteiger partial charge >= 0.3 is 0 Å². The molecule has 0 amide bonds. The molecule has 0 unspecified atom stereocenters. The molecule has 68 valence electrons. The van der Waals surface area contributed by atoms with E-state index in [1.807, 2.05) is 0 Å². The molecule has 0 heterocycles. The van der Waals surface area contributed by atoms with E-state index < -0.39 is 0 Å². The average Bonchev–Trinajstić information content (AvgIpc) is 2.08. The molecule has 0 bridgehead atoms. The number of hydrogen-bond acceptors (Lipinski definition) is 2. The molecule has 0 saturated heterocycles. The number of nitrogens with two attached hydrogens (primary N) is 1. The highest BCUT2D eigenvalue weighted by Crippen LogP contribution is 1.81. The summed E-state index contributed by atoms with van der Waals surface area (Å²) in [5.74, 6) is 0. The summed E-state index contributed by atoms with van der Waals surface area (Å²) in [6, 6.07) is 0. The molecule has 0 aliphatic rings. The van der Waals surface area contributed by atoms with Crippen LogP contribution in [-0.2, 0) is 0 Å². The first-order valence-electron chi connectivity index (χ1n) is 4.29. The molecule has 2 nitrogen and oxygen atoms in total. The van der Waals surface area contributed by atoms with Crippen molar-refractivity contribution >= 4 is 0 Å². The maximum Gasteiger partial charge on any atom is 0.0104 e. The van der Waals surface area contributed by atoms with E-state index in [0.717, 1.165) is 0 Å². The summed E-state index contributed by atoms with van der Waals surface area (Å²) in [5.41, 5.74) is 4.91. The summed E-state index contributed by atoms with van der Waals surface area (Å²) < 4.78 is 0. The quantitative estimate of drug-likeness (QED) is 0.628. The topological polar surface area (TPSA) is 29.3 Å². The van der Waals surface area contributed by atoms with Crippen LogP contribution in [0, 0.1) is 0 Å². The highest BCUT2D eigenvalue weighted by Gasteiger charge is 1.89. The molecule has 0 atom stereocenters. The maximum absolute atomic E-state index is 4.91. The van der Waals surface area contributed by atoms with Crippen LogP contribution < -0.4 is 5.73 Å². The van der Waals surface area contributed by atoms with Crippen molar-refractivity contribution in [1.29, 1.82) is 0 Å². The second kappa shape index (κ2) is 12.3. The first-order valence-corrected chi connectivity index (χ1v) is 4.29.